The number of benzene rings is 1. The number of anilines is 1. The SMILES string of the molecule is CCOC(=O)Nc1cccc(C(C)O)c1. The molecule has 1 unspecified atom stereocenters. The van der Waals surface area contributed by atoms with Gasteiger partial charge in [0, 0.05) is 5.69 Å². The summed E-state index contributed by atoms with van der Waals surface area (Å²) in [6, 6.07) is 7.01. The number of aliphatic hydroxyl groups excluding tert-OH is 1. The Labute approximate surface area is 88.9 Å². The second-order valence-corrected chi connectivity index (χ2v) is 3.15. The van der Waals surface area contributed by atoms with Crippen molar-refractivity contribution < 1.29 is 14.6 Å². The van der Waals surface area contributed by atoms with E-state index in [1.165, 1.54) is 0 Å². The summed E-state index contributed by atoms with van der Waals surface area (Å²) in [4.78, 5) is 11.1. The summed E-state index contributed by atoms with van der Waals surface area (Å²) >= 11 is 0. The molecule has 0 aliphatic heterocycles. The minimum Gasteiger partial charge on any atom is -0.450 e. The molecule has 1 aromatic carbocycles. The Kier molecular flexibility index (Phi) is 4.12. The minimum absolute atomic E-state index is 0.335. The van der Waals surface area contributed by atoms with Crippen LogP contribution in [0.2, 0.25) is 0 Å². The van der Waals surface area contributed by atoms with Crippen molar-refractivity contribution in [3.05, 3.63) is 29.8 Å². The van der Waals surface area contributed by atoms with Gasteiger partial charge in [-0.3, -0.25) is 5.32 Å². The van der Waals surface area contributed by atoms with Gasteiger partial charge in [0.2, 0.25) is 0 Å². The third kappa shape index (κ3) is 3.59. The molecule has 0 saturated carbocycles. The van der Waals surface area contributed by atoms with Crippen molar-refractivity contribution in [2.24, 2.45) is 0 Å². The molecule has 0 fully saturated rings. The van der Waals surface area contributed by atoms with E-state index >= 15 is 0 Å². The third-order valence-corrected chi connectivity index (χ3v) is 1.89. The van der Waals surface area contributed by atoms with Crippen LogP contribution in [-0.4, -0.2) is 17.8 Å². The molecule has 82 valence electrons. The first-order valence-electron chi connectivity index (χ1n) is 4.85. The van der Waals surface area contributed by atoms with Gasteiger partial charge in [0.25, 0.3) is 0 Å². The summed E-state index contributed by atoms with van der Waals surface area (Å²) < 4.78 is 4.73. The first-order chi connectivity index (χ1) is 7.13. The molecule has 1 atom stereocenters. The van der Waals surface area contributed by atoms with Gasteiger partial charge >= 0.3 is 6.09 Å². The molecule has 0 radical (unpaired) electrons. The van der Waals surface area contributed by atoms with Crippen LogP contribution in [0.3, 0.4) is 0 Å². The summed E-state index contributed by atoms with van der Waals surface area (Å²) in [7, 11) is 0. The molecule has 1 amide bonds. The molecule has 1 rings (SSSR count). The largest absolute Gasteiger partial charge is 0.450 e. The minimum atomic E-state index is -0.547. The second kappa shape index (κ2) is 5.36. The van der Waals surface area contributed by atoms with E-state index in [0.717, 1.165) is 5.56 Å². The van der Waals surface area contributed by atoms with Gasteiger partial charge in [-0.2, -0.15) is 0 Å². The van der Waals surface area contributed by atoms with Crippen molar-refractivity contribution >= 4 is 11.8 Å². The van der Waals surface area contributed by atoms with Gasteiger partial charge in [-0.25, -0.2) is 4.79 Å². The molecule has 4 heteroatoms. The lowest BCUT2D eigenvalue weighted by molar-refractivity contribution is 0.168. The molecule has 0 aliphatic carbocycles. The Morgan fingerprint density at radius 2 is 2.33 bits per heavy atom. The highest BCUT2D eigenvalue weighted by Gasteiger charge is 2.04. The van der Waals surface area contributed by atoms with E-state index in [1.54, 1.807) is 38.1 Å². The van der Waals surface area contributed by atoms with E-state index in [9.17, 15) is 9.90 Å². The summed E-state index contributed by atoms with van der Waals surface area (Å²) in [5, 5.41) is 11.9. The van der Waals surface area contributed by atoms with Crippen molar-refractivity contribution in [2.45, 2.75) is 20.0 Å². The van der Waals surface area contributed by atoms with Crippen molar-refractivity contribution in [1.29, 1.82) is 0 Å². The van der Waals surface area contributed by atoms with Crippen LogP contribution in [-0.2, 0) is 4.74 Å². The van der Waals surface area contributed by atoms with Crippen molar-refractivity contribution in [2.75, 3.05) is 11.9 Å². The average Bonchev–Trinajstić information content (AvgIpc) is 2.18. The van der Waals surface area contributed by atoms with Crippen LogP contribution in [0.5, 0.6) is 0 Å². The van der Waals surface area contributed by atoms with E-state index in [4.69, 9.17) is 4.74 Å². The zero-order chi connectivity index (χ0) is 11.3. The van der Waals surface area contributed by atoms with Gasteiger partial charge in [-0.1, -0.05) is 12.1 Å². The Morgan fingerprint density at radius 3 is 2.93 bits per heavy atom. The third-order valence-electron chi connectivity index (χ3n) is 1.89. The molecular formula is C11H15NO3. The topological polar surface area (TPSA) is 58.6 Å². The van der Waals surface area contributed by atoms with E-state index in [0.29, 0.717) is 12.3 Å². The van der Waals surface area contributed by atoms with Crippen molar-refractivity contribution in [1.82, 2.24) is 0 Å². The monoisotopic (exact) mass is 209 g/mol. The van der Waals surface area contributed by atoms with Crippen LogP contribution in [0.25, 0.3) is 0 Å². The zero-order valence-electron chi connectivity index (χ0n) is 8.86. The van der Waals surface area contributed by atoms with E-state index < -0.39 is 12.2 Å². The maximum atomic E-state index is 11.1. The Bertz CT molecular complexity index is 336. The normalized spacial score (nSPS) is 11.9. The molecule has 0 saturated heterocycles. The maximum Gasteiger partial charge on any atom is 0.411 e. The van der Waals surface area contributed by atoms with Gasteiger partial charge in [-0.15, -0.1) is 0 Å². The van der Waals surface area contributed by atoms with Crippen LogP contribution >= 0.6 is 0 Å². The molecule has 0 aromatic heterocycles. The lowest BCUT2D eigenvalue weighted by Crippen LogP contribution is -2.13. The van der Waals surface area contributed by atoms with Crippen molar-refractivity contribution in [3.63, 3.8) is 0 Å². The zero-order valence-corrected chi connectivity index (χ0v) is 8.86. The van der Waals surface area contributed by atoms with Crippen LogP contribution < -0.4 is 5.32 Å². The van der Waals surface area contributed by atoms with Crippen LogP contribution in [0.15, 0.2) is 24.3 Å². The Hall–Kier alpha value is -1.55. The number of aliphatic hydroxyl groups is 1. The molecule has 0 bridgehead atoms. The summed E-state index contributed by atoms with van der Waals surface area (Å²) in [6.45, 7) is 3.75. The lowest BCUT2D eigenvalue weighted by Gasteiger charge is -2.08. The number of amides is 1. The molecular weight excluding hydrogens is 194 g/mol. The van der Waals surface area contributed by atoms with Gasteiger partial charge in [0.15, 0.2) is 0 Å². The predicted molar refractivity (Wildman–Crippen MR) is 57.7 cm³/mol. The highest BCUT2D eigenvalue weighted by atomic mass is 16.5. The van der Waals surface area contributed by atoms with Crippen LogP contribution in [0, 0.1) is 0 Å². The predicted octanol–water partition coefficient (Wildman–Crippen LogP) is 2.31. The molecule has 2 N–H and O–H groups in total. The van der Waals surface area contributed by atoms with Crippen molar-refractivity contribution in [3.8, 4) is 0 Å². The van der Waals surface area contributed by atoms with E-state index in [-0.39, 0.29) is 0 Å². The van der Waals surface area contributed by atoms with E-state index in [1.807, 2.05) is 0 Å². The molecule has 4 nitrogen and oxygen atoms in total. The molecule has 1 aromatic rings. The lowest BCUT2D eigenvalue weighted by atomic mass is 10.1. The van der Waals surface area contributed by atoms with Crippen LogP contribution in [0.1, 0.15) is 25.5 Å². The first kappa shape index (κ1) is 11.5. The fourth-order valence-electron chi connectivity index (χ4n) is 1.16. The van der Waals surface area contributed by atoms with Gasteiger partial charge in [0.05, 0.1) is 12.7 Å². The standard InChI is InChI=1S/C11H15NO3/c1-3-15-11(14)12-10-6-4-5-9(7-10)8(2)13/h4-8,13H,3H2,1-2H3,(H,12,14). The van der Waals surface area contributed by atoms with E-state index in [2.05, 4.69) is 5.32 Å². The smallest absolute Gasteiger partial charge is 0.411 e. The molecule has 0 heterocycles. The number of carbonyl (C=O) groups excluding carboxylic acids is 1. The number of carbonyl (C=O) groups is 1. The fraction of sp³-hybridized carbons (Fsp3) is 0.364. The number of nitrogens with one attached hydrogen (secondary N) is 1. The van der Waals surface area contributed by atoms with Gasteiger partial charge in [0.1, 0.15) is 0 Å². The summed E-state index contributed by atoms with van der Waals surface area (Å²) in [5.41, 5.74) is 1.37. The maximum absolute atomic E-state index is 11.1. The molecule has 15 heavy (non-hydrogen) atoms. The highest BCUT2D eigenvalue weighted by Crippen LogP contribution is 2.16. The van der Waals surface area contributed by atoms with Gasteiger partial charge in [-0.05, 0) is 31.5 Å². The van der Waals surface area contributed by atoms with Gasteiger partial charge < -0.3 is 9.84 Å². The number of rotatable bonds is 3. The second-order valence-electron chi connectivity index (χ2n) is 3.15. The highest BCUT2D eigenvalue weighted by molar-refractivity contribution is 5.84. The average molecular weight is 209 g/mol. The Balaban J connectivity index is 2.69. The first-order valence-corrected chi connectivity index (χ1v) is 4.85. The summed E-state index contributed by atoms with van der Waals surface area (Å²) in [5.74, 6) is 0. The van der Waals surface area contributed by atoms with Crippen LogP contribution in [0.4, 0.5) is 10.5 Å². The molecule has 0 aliphatic rings. The number of ether oxygens (including phenoxy) is 1. The number of hydrogen-bond donors (Lipinski definition) is 2. The quantitative estimate of drug-likeness (QED) is 0.803. The Morgan fingerprint density at radius 1 is 1.60 bits per heavy atom. The fourth-order valence-corrected chi connectivity index (χ4v) is 1.16. The molecule has 0 spiro atoms. The number of hydrogen-bond acceptors (Lipinski definition) is 3. The summed E-state index contributed by atoms with van der Waals surface area (Å²) in [6.07, 6.45) is -1.03.